The smallest absolute Gasteiger partial charge is 0.319 e. The van der Waals surface area contributed by atoms with Gasteiger partial charge in [-0.1, -0.05) is 13.3 Å². The number of hydrogen-bond acceptors (Lipinski definition) is 5. The van der Waals surface area contributed by atoms with Crippen LogP contribution in [-0.2, 0) is 19.6 Å². The highest BCUT2D eigenvalue weighted by molar-refractivity contribution is 7.88. The van der Waals surface area contributed by atoms with Gasteiger partial charge in [-0.15, -0.1) is 0 Å². The molecule has 0 atom stereocenters. The molecule has 6 nitrogen and oxygen atoms in total. The minimum absolute atomic E-state index is 0.0819. The number of carbonyl (C=O) groups is 1. The molecule has 0 rings (SSSR count). The molecule has 7 heteroatoms. The number of esters is 1. The van der Waals surface area contributed by atoms with Crippen LogP contribution in [0.5, 0.6) is 0 Å². The first kappa shape index (κ1) is 17.3. The van der Waals surface area contributed by atoms with Crippen LogP contribution < -0.4 is 10.0 Å². The lowest BCUT2D eigenvalue weighted by atomic mass is 10.1. The average Bonchev–Trinajstić information content (AvgIpc) is 2.13. The van der Waals surface area contributed by atoms with E-state index in [4.69, 9.17) is 4.74 Å². The van der Waals surface area contributed by atoms with Crippen molar-refractivity contribution in [1.29, 1.82) is 0 Å². The summed E-state index contributed by atoms with van der Waals surface area (Å²) in [6, 6.07) is 0. The summed E-state index contributed by atoms with van der Waals surface area (Å²) in [6.07, 6.45) is 2.94. The molecule has 0 fully saturated rings. The molecule has 108 valence electrons. The SMILES string of the molecule is CCCCOC(=O)CNCC(C)(C)NS(C)(=O)=O. The van der Waals surface area contributed by atoms with Crippen molar-refractivity contribution in [1.82, 2.24) is 10.0 Å². The van der Waals surface area contributed by atoms with E-state index in [2.05, 4.69) is 10.0 Å². The van der Waals surface area contributed by atoms with E-state index in [1.165, 1.54) is 0 Å². The summed E-state index contributed by atoms with van der Waals surface area (Å²) >= 11 is 0. The molecule has 0 aliphatic heterocycles. The van der Waals surface area contributed by atoms with Crippen LogP contribution in [0.3, 0.4) is 0 Å². The zero-order chi connectivity index (χ0) is 14.2. The lowest BCUT2D eigenvalue weighted by Gasteiger charge is -2.25. The van der Waals surface area contributed by atoms with E-state index in [0.717, 1.165) is 19.1 Å². The Labute approximate surface area is 110 Å². The van der Waals surface area contributed by atoms with Gasteiger partial charge in [0.25, 0.3) is 0 Å². The van der Waals surface area contributed by atoms with Crippen LogP contribution in [0, 0.1) is 0 Å². The van der Waals surface area contributed by atoms with E-state index in [0.29, 0.717) is 13.2 Å². The fourth-order valence-electron chi connectivity index (χ4n) is 1.40. The van der Waals surface area contributed by atoms with Gasteiger partial charge in [-0.25, -0.2) is 13.1 Å². The third-order valence-electron chi connectivity index (χ3n) is 2.06. The summed E-state index contributed by atoms with van der Waals surface area (Å²) < 4.78 is 29.6. The van der Waals surface area contributed by atoms with Crippen LogP contribution in [-0.4, -0.2) is 45.9 Å². The molecule has 0 spiro atoms. The number of nitrogens with one attached hydrogen (secondary N) is 2. The molecule has 0 amide bonds. The summed E-state index contributed by atoms with van der Waals surface area (Å²) in [5.41, 5.74) is -0.642. The van der Waals surface area contributed by atoms with E-state index in [1.54, 1.807) is 13.8 Å². The summed E-state index contributed by atoms with van der Waals surface area (Å²) in [7, 11) is -3.26. The Morgan fingerprint density at radius 1 is 1.33 bits per heavy atom. The number of ether oxygens (including phenoxy) is 1. The Morgan fingerprint density at radius 3 is 2.44 bits per heavy atom. The molecule has 0 heterocycles. The quantitative estimate of drug-likeness (QED) is 0.467. The molecule has 2 N–H and O–H groups in total. The van der Waals surface area contributed by atoms with Crippen molar-refractivity contribution in [3.05, 3.63) is 0 Å². The molecule has 0 aromatic carbocycles. The highest BCUT2D eigenvalue weighted by atomic mass is 32.2. The Kier molecular flexibility index (Phi) is 7.42. The van der Waals surface area contributed by atoms with E-state index >= 15 is 0 Å². The molecule has 0 radical (unpaired) electrons. The number of rotatable bonds is 9. The van der Waals surface area contributed by atoms with Gasteiger partial charge in [-0.3, -0.25) is 4.79 Å². The number of unbranched alkanes of at least 4 members (excludes halogenated alkanes) is 1. The van der Waals surface area contributed by atoms with Gasteiger partial charge < -0.3 is 10.1 Å². The molecular weight excluding hydrogens is 256 g/mol. The van der Waals surface area contributed by atoms with Crippen LogP contribution in [0.4, 0.5) is 0 Å². The minimum atomic E-state index is -3.26. The maximum atomic E-state index is 11.3. The molecular formula is C11H24N2O4S. The monoisotopic (exact) mass is 280 g/mol. The largest absolute Gasteiger partial charge is 0.465 e. The summed E-state index contributed by atoms with van der Waals surface area (Å²) in [5, 5.41) is 2.87. The Hall–Kier alpha value is -0.660. The maximum absolute atomic E-state index is 11.3. The lowest BCUT2D eigenvalue weighted by molar-refractivity contribution is -0.142. The second kappa shape index (κ2) is 7.70. The normalized spacial score (nSPS) is 12.4. The molecule has 0 aliphatic carbocycles. The molecule has 0 unspecified atom stereocenters. The fourth-order valence-corrected chi connectivity index (χ4v) is 2.47. The topological polar surface area (TPSA) is 84.5 Å². The molecule has 0 aromatic rings. The number of carbonyl (C=O) groups excluding carboxylic acids is 1. The third kappa shape index (κ3) is 10.5. The van der Waals surface area contributed by atoms with Crippen molar-refractivity contribution < 1.29 is 17.9 Å². The van der Waals surface area contributed by atoms with Crippen molar-refractivity contribution >= 4 is 16.0 Å². The molecule has 18 heavy (non-hydrogen) atoms. The first-order chi connectivity index (χ1) is 8.16. The lowest BCUT2D eigenvalue weighted by Crippen LogP contribution is -2.50. The Balaban J connectivity index is 3.85. The fraction of sp³-hybridized carbons (Fsp3) is 0.909. The zero-order valence-electron chi connectivity index (χ0n) is 11.6. The first-order valence-electron chi connectivity index (χ1n) is 6.01. The number of sulfonamides is 1. The highest BCUT2D eigenvalue weighted by Gasteiger charge is 2.21. The third-order valence-corrected chi connectivity index (χ3v) is 2.98. The van der Waals surface area contributed by atoms with Crippen molar-refractivity contribution in [2.75, 3.05) is 26.0 Å². The van der Waals surface area contributed by atoms with E-state index in [-0.39, 0.29) is 12.5 Å². The van der Waals surface area contributed by atoms with E-state index < -0.39 is 15.6 Å². The predicted molar refractivity (Wildman–Crippen MR) is 70.8 cm³/mol. The molecule has 0 saturated carbocycles. The zero-order valence-corrected chi connectivity index (χ0v) is 12.4. The van der Waals surface area contributed by atoms with Gasteiger partial charge in [0, 0.05) is 12.1 Å². The van der Waals surface area contributed by atoms with Crippen LogP contribution >= 0.6 is 0 Å². The maximum Gasteiger partial charge on any atom is 0.319 e. The molecule has 0 bridgehead atoms. The van der Waals surface area contributed by atoms with Gasteiger partial charge in [-0.2, -0.15) is 0 Å². The van der Waals surface area contributed by atoms with Crippen molar-refractivity contribution in [2.45, 2.75) is 39.2 Å². The first-order valence-corrected chi connectivity index (χ1v) is 7.91. The Bertz CT molecular complexity index is 352. The van der Waals surface area contributed by atoms with Gasteiger partial charge in [0.1, 0.15) is 0 Å². The van der Waals surface area contributed by atoms with Crippen LogP contribution in [0.1, 0.15) is 33.6 Å². The van der Waals surface area contributed by atoms with Gasteiger partial charge in [0.15, 0.2) is 0 Å². The van der Waals surface area contributed by atoms with Gasteiger partial charge in [0.05, 0.1) is 19.4 Å². The molecule has 0 aliphatic rings. The Morgan fingerprint density at radius 2 is 1.94 bits per heavy atom. The summed E-state index contributed by atoms with van der Waals surface area (Å²) in [6.45, 7) is 6.36. The van der Waals surface area contributed by atoms with Crippen molar-refractivity contribution in [3.8, 4) is 0 Å². The molecule has 0 aromatic heterocycles. The van der Waals surface area contributed by atoms with E-state index in [1.807, 2.05) is 6.92 Å². The average molecular weight is 280 g/mol. The van der Waals surface area contributed by atoms with Crippen molar-refractivity contribution in [3.63, 3.8) is 0 Å². The van der Waals surface area contributed by atoms with Gasteiger partial charge in [0.2, 0.25) is 10.0 Å². The van der Waals surface area contributed by atoms with Crippen LogP contribution in [0.25, 0.3) is 0 Å². The second-order valence-corrected chi connectivity index (χ2v) is 6.68. The standard InChI is InChI=1S/C11H24N2O4S/c1-5-6-7-17-10(14)8-12-9-11(2,3)13-18(4,15)16/h12-13H,5-9H2,1-4H3. The second-order valence-electron chi connectivity index (χ2n) is 4.94. The van der Waals surface area contributed by atoms with Crippen LogP contribution in [0.2, 0.25) is 0 Å². The van der Waals surface area contributed by atoms with Gasteiger partial charge in [-0.05, 0) is 20.3 Å². The highest BCUT2D eigenvalue weighted by Crippen LogP contribution is 2.01. The predicted octanol–water partition coefficient (Wildman–Crippen LogP) is 0.247. The van der Waals surface area contributed by atoms with Crippen LogP contribution in [0.15, 0.2) is 0 Å². The van der Waals surface area contributed by atoms with Crippen molar-refractivity contribution in [2.24, 2.45) is 0 Å². The van der Waals surface area contributed by atoms with E-state index in [9.17, 15) is 13.2 Å². The number of hydrogen-bond donors (Lipinski definition) is 2. The minimum Gasteiger partial charge on any atom is -0.465 e. The summed E-state index contributed by atoms with van der Waals surface area (Å²) in [5.74, 6) is -0.321. The van der Waals surface area contributed by atoms with Gasteiger partial charge >= 0.3 is 5.97 Å². The summed E-state index contributed by atoms with van der Waals surface area (Å²) in [4.78, 5) is 11.3. The molecule has 0 saturated heterocycles.